The van der Waals surface area contributed by atoms with Gasteiger partial charge in [0, 0.05) is 0 Å². The molecule has 10 aliphatic rings. The van der Waals surface area contributed by atoms with Crippen LogP contribution in [0, 0.1) is 0 Å². The summed E-state index contributed by atoms with van der Waals surface area (Å²) in [6.07, 6.45) is 0. The average molecular weight is 267 g/mol. The Bertz CT molecular complexity index is 577. The molecule has 0 aliphatic carbocycles. The van der Waals surface area contributed by atoms with E-state index in [4.69, 9.17) is 0 Å². The average Bonchev–Trinajstić information content (AvgIpc) is 3.01. The normalized spacial score (nSPS) is 157. The summed E-state index contributed by atoms with van der Waals surface area (Å²) in [4.78, 5) is 15.9. The van der Waals surface area contributed by atoms with Crippen molar-refractivity contribution in [2.75, 3.05) is 0 Å². The minimum absolute atomic E-state index is 0. The first-order valence-corrected chi connectivity index (χ1v) is 11.7. The van der Waals surface area contributed by atoms with Crippen molar-refractivity contribution in [2.45, 2.75) is 48.2 Å². The van der Waals surface area contributed by atoms with Crippen molar-refractivity contribution in [1.29, 1.82) is 0 Å². The molecule has 66 valence electrons. The molecule has 10 heterocycles. The molecule has 0 N–H and O–H groups in total. The van der Waals surface area contributed by atoms with Gasteiger partial charge in [0.2, 0.25) is 0 Å². The van der Waals surface area contributed by atoms with Gasteiger partial charge in [-0.25, -0.2) is 0 Å². The van der Waals surface area contributed by atoms with Crippen molar-refractivity contribution in [2.24, 2.45) is 0 Å². The number of hydrogen-bond acceptors (Lipinski definition) is 0. The fourth-order valence-electron chi connectivity index (χ4n) is 15.8. The summed E-state index contributed by atoms with van der Waals surface area (Å²) < 4.78 is 0. The first-order valence-electron chi connectivity index (χ1n) is 5.37. The van der Waals surface area contributed by atoms with Crippen LogP contribution in [0.25, 0.3) is 0 Å². The van der Waals surface area contributed by atoms with Crippen LogP contribution in [0.2, 0.25) is 48.2 Å². The van der Waals surface area contributed by atoms with E-state index in [-0.39, 0.29) is 17.0 Å². The summed E-state index contributed by atoms with van der Waals surface area (Å²) in [6.45, 7) is -2.28. The minimum atomic E-state index is -2.28. The van der Waals surface area contributed by atoms with E-state index in [2.05, 4.69) is 0 Å². The van der Waals surface area contributed by atoms with E-state index in [1.165, 1.54) is 0 Å². The molecule has 12 heavy (non-hydrogen) atoms. The van der Waals surface area contributed by atoms with Crippen LogP contribution in [0.1, 0.15) is 0 Å². The van der Waals surface area contributed by atoms with E-state index in [0.29, 0.717) is 0 Å². The Balaban J connectivity index is 0.000000400. The standard InChI is InChI=1S/2C5H5.BrH.Fe/c2*1-2-4-5-3-1;;/h2*1-5H;1H;. The van der Waals surface area contributed by atoms with Gasteiger partial charge in [-0.05, 0) is 0 Å². The second kappa shape index (κ2) is 0.251. The monoisotopic (exact) mass is 266 g/mol. The molecule has 10 aliphatic heterocycles. The molecule has 0 atom stereocenters. The molecule has 0 aromatic rings. The van der Waals surface area contributed by atoms with E-state index < -0.39 is 6.51 Å². The second-order valence-electron chi connectivity index (χ2n) is 9.58. The zero-order valence-electron chi connectivity index (χ0n) is 6.54. The molecule has 0 saturated carbocycles. The van der Waals surface area contributed by atoms with Gasteiger partial charge < -0.3 is 0 Å². The second-order valence-corrected chi connectivity index (χ2v) is 33.5. The van der Waals surface area contributed by atoms with Gasteiger partial charge >= 0.3 is 54.7 Å². The van der Waals surface area contributed by atoms with Crippen molar-refractivity contribution in [3.05, 3.63) is 0 Å². The summed E-state index contributed by atoms with van der Waals surface area (Å²) in [6, 6.07) is 0. The van der Waals surface area contributed by atoms with Crippen LogP contribution < -0.4 is 0 Å². The van der Waals surface area contributed by atoms with Crippen LogP contribution in [0.4, 0.5) is 0 Å². The van der Waals surface area contributed by atoms with Gasteiger partial charge in [0.15, 0.2) is 0 Å². The van der Waals surface area contributed by atoms with Gasteiger partial charge in [0.1, 0.15) is 0 Å². The molecule has 10 fully saturated rings. The first-order chi connectivity index (χ1) is 5.16. The summed E-state index contributed by atoms with van der Waals surface area (Å²) in [5, 5.41) is 0. The summed E-state index contributed by atoms with van der Waals surface area (Å²) in [7, 11) is 0. The molecule has 0 aromatic heterocycles. The van der Waals surface area contributed by atoms with Crippen molar-refractivity contribution in [1.82, 2.24) is 0 Å². The van der Waals surface area contributed by atoms with Gasteiger partial charge in [-0.1, -0.05) is 0 Å². The molecular weight excluding hydrogens is 256 g/mol. The Morgan fingerprint density at radius 2 is 0.583 bits per heavy atom. The third kappa shape index (κ3) is 0.0272. The van der Waals surface area contributed by atoms with Gasteiger partial charge in [-0.3, -0.25) is 0 Å². The van der Waals surface area contributed by atoms with E-state index in [9.17, 15) is 0 Å². The molecule has 10 saturated heterocycles. The molecular formula is C10H11BrFe. The van der Waals surface area contributed by atoms with Crippen LogP contribution in [-0.4, -0.2) is 0 Å². The number of halogens is 1. The predicted octanol–water partition coefficient (Wildman–Crippen LogP) is 3.95. The van der Waals surface area contributed by atoms with Crippen LogP contribution in [0.5, 0.6) is 0 Å². The van der Waals surface area contributed by atoms with Gasteiger partial charge in [0.25, 0.3) is 0 Å². The summed E-state index contributed by atoms with van der Waals surface area (Å²) in [5.74, 6) is 0. The molecule has 0 bridgehead atoms. The third-order valence-electron chi connectivity index (χ3n) is 14.5. The maximum absolute atomic E-state index is 2.28. The molecule has 0 amide bonds. The van der Waals surface area contributed by atoms with Crippen LogP contribution in [-0.2, 0) is 6.51 Å². The number of rotatable bonds is 0. The van der Waals surface area contributed by atoms with Crippen molar-refractivity contribution < 1.29 is 6.51 Å². The Morgan fingerprint density at radius 3 is 0.583 bits per heavy atom. The van der Waals surface area contributed by atoms with E-state index >= 15 is 0 Å². The zero-order valence-corrected chi connectivity index (χ0v) is 9.35. The molecule has 0 aromatic carbocycles. The first kappa shape index (κ1) is 4.24. The fourth-order valence-corrected chi connectivity index (χ4v) is 88.0. The molecule has 1 spiro atoms. The van der Waals surface area contributed by atoms with Crippen LogP contribution in [0.15, 0.2) is 0 Å². The van der Waals surface area contributed by atoms with Crippen molar-refractivity contribution in [3.63, 3.8) is 0 Å². The van der Waals surface area contributed by atoms with Crippen molar-refractivity contribution in [3.8, 4) is 0 Å². The van der Waals surface area contributed by atoms with Crippen LogP contribution >= 0.6 is 17.0 Å². The Kier molecular flexibility index (Phi) is 0.0889. The van der Waals surface area contributed by atoms with Gasteiger partial charge in [0.05, 0.1) is 0 Å². The Labute approximate surface area is 71.5 Å². The summed E-state index contributed by atoms with van der Waals surface area (Å²) >= 11 is 0. The van der Waals surface area contributed by atoms with E-state index in [1.54, 1.807) is 48.2 Å². The van der Waals surface area contributed by atoms with Crippen molar-refractivity contribution >= 4 is 17.0 Å². The number of hydrogen-bond donors (Lipinski definition) is 0. The Morgan fingerprint density at radius 1 is 0.417 bits per heavy atom. The molecule has 10 rings (SSSR count). The number of fused-ring (bicyclic) bond motifs is 10. The third-order valence-corrected chi connectivity index (χ3v) is 56.5. The topological polar surface area (TPSA) is 0 Å². The van der Waals surface area contributed by atoms with Crippen LogP contribution in [0.3, 0.4) is 0 Å². The predicted molar refractivity (Wildman–Crippen MR) is 47.8 cm³/mol. The molecule has 0 unspecified atom stereocenters. The Hall–Kier alpha value is 0.999. The fraction of sp³-hybridized carbons (Fsp3) is 1.00. The molecule has 0 radical (unpaired) electrons. The SMILES string of the molecule is Br.[CH]12[CH]3[CH]4[CH]5[CH]1[Fe]23451678[CH]2[CH]1[CH]6[CH]7[CH]28. The zero-order chi connectivity index (χ0) is 6.09. The summed E-state index contributed by atoms with van der Waals surface area (Å²) in [5.41, 5.74) is 0. The molecule has 2 heteroatoms. The van der Waals surface area contributed by atoms with Gasteiger partial charge in [-0.2, -0.15) is 0 Å². The molecule has 0 nitrogen and oxygen atoms in total. The van der Waals surface area contributed by atoms with E-state index in [0.717, 1.165) is 0 Å². The van der Waals surface area contributed by atoms with E-state index in [1.807, 2.05) is 0 Å². The quantitative estimate of drug-likeness (QED) is 0.583. The van der Waals surface area contributed by atoms with Gasteiger partial charge in [-0.15, -0.1) is 17.0 Å². The maximum atomic E-state index is 1.59.